The fraction of sp³-hybridized carbons (Fsp3) is 0.576. The van der Waals surface area contributed by atoms with Crippen LogP contribution in [0, 0.1) is 17.7 Å². The number of aliphatic hydroxyl groups is 1. The second-order valence-electron chi connectivity index (χ2n) is 11.6. The first-order valence-electron chi connectivity index (χ1n) is 15.3. The molecule has 2 amide bonds. The molecule has 2 aliphatic rings. The number of aryl methyl sites for hydroxylation is 1. The van der Waals surface area contributed by atoms with Crippen molar-refractivity contribution in [1.82, 2.24) is 15.5 Å². The number of rotatable bonds is 11. The zero-order valence-corrected chi connectivity index (χ0v) is 25.2. The lowest BCUT2D eigenvalue weighted by atomic mass is 9.78. The van der Waals surface area contributed by atoms with E-state index in [4.69, 9.17) is 4.74 Å². The van der Waals surface area contributed by atoms with Crippen molar-refractivity contribution in [2.75, 3.05) is 46.9 Å². The lowest BCUT2D eigenvalue weighted by molar-refractivity contribution is -0.168. The maximum Gasteiger partial charge on any atom is 0.406 e. The minimum Gasteiger partial charge on any atom is -0.453 e. The normalized spacial score (nSPS) is 22.3. The van der Waals surface area contributed by atoms with Gasteiger partial charge >= 0.3 is 6.09 Å². The number of nitrogens with one attached hydrogen (secondary N) is 2. The molecule has 0 radical (unpaired) electrons. The average molecular weight is 584 g/mol. The van der Waals surface area contributed by atoms with Crippen LogP contribution in [-0.2, 0) is 26.3 Å². The molecule has 0 spiro atoms. The Bertz CT molecular complexity index is 1200. The van der Waals surface area contributed by atoms with Gasteiger partial charge in [0.05, 0.1) is 20.3 Å². The molecular formula is C33H46FN3O5. The van der Waals surface area contributed by atoms with E-state index in [9.17, 15) is 14.7 Å². The van der Waals surface area contributed by atoms with Crippen LogP contribution in [0.1, 0.15) is 56.6 Å². The van der Waals surface area contributed by atoms with Crippen LogP contribution in [0.25, 0.3) is 11.1 Å². The van der Waals surface area contributed by atoms with Gasteiger partial charge in [-0.2, -0.15) is 0 Å². The highest BCUT2D eigenvalue weighted by atomic mass is 19.1. The third-order valence-corrected chi connectivity index (χ3v) is 8.89. The van der Waals surface area contributed by atoms with Crippen LogP contribution in [-0.4, -0.2) is 75.1 Å². The van der Waals surface area contributed by atoms with Gasteiger partial charge in [0, 0.05) is 24.6 Å². The van der Waals surface area contributed by atoms with E-state index in [1.807, 2.05) is 43.1 Å². The molecule has 0 bridgehead atoms. The summed E-state index contributed by atoms with van der Waals surface area (Å²) in [6, 6.07) is 12.4. The van der Waals surface area contributed by atoms with Crippen molar-refractivity contribution in [1.29, 1.82) is 0 Å². The largest absolute Gasteiger partial charge is 0.453 e. The average Bonchev–Trinajstić information content (AvgIpc) is 3.03. The highest BCUT2D eigenvalue weighted by Crippen LogP contribution is 2.41. The molecule has 4 rings (SSSR count). The molecule has 0 aromatic heterocycles. The number of methoxy groups -OCH3 is 1. The molecule has 1 aliphatic heterocycles. The van der Waals surface area contributed by atoms with Gasteiger partial charge in [-0.15, -0.1) is 0 Å². The number of hydrogen-bond acceptors (Lipinski definition) is 6. The third kappa shape index (κ3) is 7.49. The van der Waals surface area contributed by atoms with Gasteiger partial charge in [0.25, 0.3) is 0 Å². The molecule has 1 heterocycles. The Morgan fingerprint density at radius 2 is 1.93 bits per heavy atom. The SMILES string of the molecule is CCc1cccc(-c2c(F)cccc2[C@](O)(CCCNC(=O)OC)[C@H]2CN(C(=O)C3CCC(CNC)CC3)CCO2)c1. The number of amides is 2. The summed E-state index contributed by atoms with van der Waals surface area (Å²) in [4.78, 5) is 27.1. The van der Waals surface area contributed by atoms with Gasteiger partial charge in [0.2, 0.25) is 5.91 Å². The lowest BCUT2D eigenvalue weighted by Gasteiger charge is -2.44. The second kappa shape index (κ2) is 14.9. The standard InChI is InChI=1S/C33H46FN3O5/c1-4-23-8-5-9-26(20-23)30-27(10-6-11-28(30)34)33(40,16-7-17-36-32(39)41-3)29-22-37(18-19-42-29)31(38)25-14-12-24(13-15-25)21-35-2/h5-6,8-11,20,24-25,29,35,40H,4,7,12-19,21-22H2,1-3H3,(H,36,39)/t24?,25?,29-,33-/m1/s1. The van der Waals surface area contributed by atoms with Crippen molar-refractivity contribution in [3.8, 4) is 11.1 Å². The highest BCUT2D eigenvalue weighted by molar-refractivity contribution is 5.79. The van der Waals surface area contributed by atoms with Crippen LogP contribution in [0.15, 0.2) is 42.5 Å². The topological polar surface area (TPSA) is 100 Å². The maximum atomic E-state index is 15.6. The Hall–Kier alpha value is -3.01. The minimum atomic E-state index is -1.62. The first-order valence-corrected chi connectivity index (χ1v) is 15.3. The van der Waals surface area contributed by atoms with Crippen LogP contribution >= 0.6 is 0 Å². The molecule has 230 valence electrons. The Labute approximate surface area is 249 Å². The van der Waals surface area contributed by atoms with E-state index < -0.39 is 23.6 Å². The van der Waals surface area contributed by atoms with Crippen LogP contribution in [0.2, 0.25) is 0 Å². The van der Waals surface area contributed by atoms with Crippen molar-refractivity contribution >= 4 is 12.0 Å². The van der Waals surface area contributed by atoms with Crippen LogP contribution < -0.4 is 10.6 Å². The smallest absolute Gasteiger partial charge is 0.406 e. The van der Waals surface area contributed by atoms with E-state index in [1.54, 1.807) is 12.1 Å². The second-order valence-corrected chi connectivity index (χ2v) is 11.6. The summed E-state index contributed by atoms with van der Waals surface area (Å²) >= 11 is 0. The number of nitrogens with zero attached hydrogens (tertiary/aromatic N) is 1. The van der Waals surface area contributed by atoms with Gasteiger partial charge < -0.3 is 30.1 Å². The van der Waals surface area contributed by atoms with E-state index in [2.05, 4.69) is 15.4 Å². The molecule has 1 saturated carbocycles. The molecule has 42 heavy (non-hydrogen) atoms. The number of ether oxygens (including phenoxy) is 2. The summed E-state index contributed by atoms with van der Waals surface area (Å²) in [6.45, 7) is 4.22. The number of carbonyl (C=O) groups excluding carboxylic acids is 2. The summed E-state index contributed by atoms with van der Waals surface area (Å²) in [5, 5.41) is 18.4. The minimum absolute atomic E-state index is 0.0317. The number of hydrogen-bond donors (Lipinski definition) is 3. The van der Waals surface area contributed by atoms with Crippen molar-refractivity contribution in [2.24, 2.45) is 11.8 Å². The van der Waals surface area contributed by atoms with Gasteiger partial charge in [-0.05, 0) is 87.2 Å². The van der Waals surface area contributed by atoms with E-state index >= 15 is 4.39 Å². The van der Waals surface area contributed by atoms with Gasteiger partial charge in [-0.25, -0.2) is 9.18 Å². The van der Waals surface area contributed by atoms with Gasteiger partial charge in [0.1, 0.15) is 17.5 Å². The van der Waals surface area contributed by atoms with Crippen molar-refractivity contribution < 1.29 is 28.6 Å². The fourth-order valence-corrected chi connectivity index (χ4v) is 6.51. The molecule has 2 aromatic rings. The zero-order valence-electron chi connectivity index (χ0n) is 25.2. The first-order chi connectivity index (χ1) is 20.3. The van der Waals surface area contributed by atoms with Crippen LogP contribution in [0.5, 0.6) is 0 Å². The summed E-state index contributed by atoms with van der Waals surface area (Å²) in [5.74, 6) is 0.235. The number of alkyl carbamates (subject to hydrolysis) is 1. The van der Waals surface area contributed by atoms with E-state index in [1.165, 1.54) is 13.2 Å². The third-order valence-electron chi connectivity index (χ3n) is 8.89. The summed E-state index contributed by atoms with van der Waals surface area (Å²) in [6.07, 6.45) is 3.79. The maximum absolute atomic E-state index is 15.6. The molecule has 1 saturated heterocycles. The molecule has 8 nitrogen and oxygen atoms in total. The predicted octanol–water partition coefficient (Wildman–Crippen LogP) is 4.63. The summed E-state index contributed by atoms with van der Waals surface area (Å²) < 4.78 is 26.5. The lowest BCUT2D eigenvalue weighted by Crippen LogP contribution is -2.55. The van der Waals surface area contributed by atoms with Gasteiger partial charge in [-0.1, -0.05) is 43.3 Å². The summed E-state index contributed by atoms with van der Waals surface area (Å²) in [7, 11) is 3.26. The van der Waals surface area contributed by atoms with Crippen LogP contribution in [0.3, 0.4) is 0 Å². The van der Waals surface area contributed by atoms with Gasteiger partial charge in [-0.3, -0.25) is 4.79 Å². The summed E-state index contributed by atoms with van der Waals surface area (Å²) in [5.41, 5.74) is 0.853. The molecule has 2 fully saturated rings. The molecule has 0 unspecified atom stereocenters. The molecular weight excluding hydrogens is 537 g/mol. The number of carbonyl (C=O) groups is 2. The number of morpholine rings is 1. The predicted molar refractivity (Wildman–Crippen MR) is 160 cm³/mol. The molecule has 9 heteroatoms. The van der Waals surface area contributed by atoms with E-state index in [0.717, 1.165) is 44.2 Å². The monoisotopic (exact) mass is 583 g/mol. The van der Waals surface area contributed by atoms with E-state index in [-0.39, 0.29) is 37.9 Å². The Balaban J connectivity index is 1.63. The zero-order chi connectivity index (χ0) is 30.1. The van der Waals surface area contributed by atoms with E-state index in [0.29, 0.717) is 35.6 Å². The quantitative estimate of drug-likeness (QED) is 0.334. The highest BCUT2D eigenvalue weighted by Gasteiger charge is 2.45. The Morgan fingerprint density at radius 1 is 1.17 bits per heavy atom. The first kappa shape index (κ1) is 31.9. The molecule has 2 atom stereocenters. The van der Waals surface area contributed by atoms with Gasteiger partial charge in [0.15, 0.2) is 0 Å². The fourth-order valence-electron chi connectivity index (χ4n) is 6.51. The Morgan fingerprint density at radius 3 is 2.64 bits per heavy atom. The number of benzene rings is 2. The van der Waals surface area contributed by atoms with Crippen molar-refractivity contribution in [3.63, 3.8) is 0 Å². The molecule has 1 aliphatic carbocycles. The molecule has 2 aromatic carbocycles. The Kier molecular flexibility index (Phi) is 11.4. The van der Waals surface area contributed by atoms with Crippen molar-refractivity contribution in [3.05, 3.63) is 59.4 Å². The van der Waals surface area contributed by atoms with Crippen molar-refractivity contribution in [2.45, 2.75) is 63.6 Å². The van der Waals surface area contributed by atoms with Crippen LogP contribution in [0.4, 0.5) is 9.18 Å². The molecule has 3 N–H and O–H groups in total. The number of halogens is 1.